The minimum absolute atomic E-state index is 0.635. The van der Waals surface area contributed by atoms with Crippen LogP contribution in [0.1, 0.15) is 11.6 Å². The Morgan fingerprint density at radius 1 is 1.22 bits per heavy atom. The highest BCUT2D eigenvalue weighted by Crippen LogP contribution is 2.36. The third-order valence-electron chi connectivity index (χ3n) is 4.26. The largest absolute Gasteiger partial charge is 0.497 e. The fourth-order valence-corrected chi connectivity index (χ4v) is 3.35. The Morgan fingerprint density at radius 3 is 2.91 bits per heavy atom. The van der Waals surface area contributed by atoms with Gasteiger partial charge in [0, 0.05) is 24.7 Å². The summed E-state index contributed by atoms with van der Waals surface area (Å²) in [5.41, 5.74) is 1.87. The van der Waals surface area contributed by atoms with E-state index >= 15 is 0 Å². The molecule has 0 N–H and O–H groups in total. The van der Waals surface area contributed by atoms with Crippen molar-refractivity contribution in [2.24, 2.45) is 0 Å². The number of halogens is 1. The molecule has 0 bridgehead atoms. The van der Waals surface area contributed by atoms with E-state index in [4.69, 9.17) is 16.3 Å². The lowest BCUT2D eigenvalue weighted by molar-refractivity contribution is 0.415. The molecule has 2 aromatic heterocycles. The van der Waals surface area contributed by atoms with Gasteiger partial charge in [0.15, 0.2) is 5.82 Å². The molecule has 0 radical (unpaired) electrons. The zero-order valence-electron chi connectivity index (χ0n) is 13.0. The van der Waals surface area contributed by atoms with E-state index in [-0.39, 0.29) is 0 Å². The number of pyridine rings is 1. The average molecular weight is 330 g/mol. The molecule has 0 unspecified atom stereocenters. The number of nitrogens with zero attached hydrogens (tertiary/aromatic N) is 5. The summed E-state index contributed by atoms with van der Waals surface area (Å²) >= 11 is 6.48. The lowest BCUT2D eigenvalue weighted by atomic mass is 10.1. The Morgan fingerprint density at radius 2 is 2.09 bits per heavy atom. The molecule has 0 amide bonds. The zero-order valence-corrected chi connectivity index (χ0v) is 13.7. The second-order valence-electron chi connectivity index (χ2n) is 5.57. The molecule has 23 heavy (non-hydrogen) atoms. The smallest absolute Gasteiger partial charge is 0.152 e. The first-order valence-electron chi connectivity index (χ1n) is 7.43. The molecule has 0 spiro atoms. The van der Waals surface area contributed by atoms with E-state index in [2.05, 4.69) is 24.6 Å². The van der Waals surface area contributed by atoms with Gasteiger partial charge in [0.05, 0.1) is 29.9 Å². The van der Waals surface area contributed by atoms with Crippen molar-refractivity contribution in [3.63, 3.8) is 0 Å². The van der Waals surface area contributed by atoms with Gasteiger partial charge in [0.25, 0.3) is 0 Å². The average Bonchev–Trinajstić information content (AvgIpc) is 2.94. The van der Waals surface area contributed by atoms with Crippen LogP contribution in [-0.4, -0.2) is 33.4 Å². The summed E-state index contributed by atoms with van der Waals surface area (Å²) in [5.74, 6) is 2.70. The Labute approximate surface area is 138 Å². The lowest BCUT2D eigenvalue weighted by Crippen LogP contribution is -2.34. The minimum atomic E-state index is 0.635. The molecule has 0 atom stereocenters. The van der Waals surface area contributed by atoms with Gasteiger partial charge in [0.1, 0.15) is 11.6 Å². The molecule has 3 aromatic rings. The molecule has 0 fully saturated rings. The van der Waals surface area contributed by atoms with E-state index in [9.17, 15) is 0 Å². The number of fused-ring (bicyclic) bond motifs is 2. The summed E-state index contributed by atoms with van der Waals surface area (Å²) in [6.07, 6.45) is 1.70. The third kappa shape index (κ3) is 2.30. The lowest BCUT2D eigenvalue weighted by Gasteiger charge is -2.31. The van der Waals surface area contributed by atoms with Crippen molar-refractivity contribution in [2.75, 3.05) is 18.6 Å². The molecule has 1 aromatic carbocycles. The van der Waals surface area contributed by atoms with Crippen LogP contribution in [0.4, 0.5) is 5.69 Å². The Kier molecular flexibility index (Phi) is 3.34. The highest BCUT2D eigenvalue weighted by Gasteiger charge is 2.23. The van der Waals surface area contributed by atoms with Gasteiger partial charge in [-0.2, -0.15) is 0 Å². The van der Waals surface area contributed by atoms with Gasteiger partial charge in [-0.25, -0.2) is 0 Å². The van der Waals surface area contributed by atoms with Crippen molar-refractivity contribution < 1.29 is 4.74 Å². The molecular weight excluding hydrogens is 314 g/mol. The number of aromatic nitrogens is 4. The number of hydrogen-bond acceptors (Lipinski definition) is 5. The number of anilines is 1. The van der Waals surface area contributed by atoms with Crippen LogP contribution in [0.2, 0.25) is 5.02 Å². The standard InChI is InChI=1S/C16H16ClN5O/c1-10-19-20-15-9-21(5-6-22(10)15)16-12-7-11(23-2)3-4-14(12)18-8-13(16)17/h3-4,7-8H,5-6,9H2,1-2H3. The first-order valence-corrected chi connectivity index (χ1v) is 7.81. The first-order chi connectivity index (χ1) is 11.2. The van der Waals surface area contributed by atoms with E-state index in [1.54, 1.807) is 13.3 Å². The predicted octanol–water partition coefficient (Wildman–Crippen LogP) is 2.82. The van der Waals surface area contributed by atoms with Gasteiger partial charge in [-0.15, -0.1) is 10.2 Å². The molecule has 6 nitrogen and oxygen atoms in total. The van der Waals surface area contributed by atoms with E-state index in [0.717, 1.165) is 47.1 Å². The van der Waals surface area contributed by atoms with Crippen LogP contribution in [0.25, 0.3) is 10.9 Å². The molecule has 118 valence electrons. The van der Waals surface area contributed by atoms with Crippen molar-refractivity contribution >= 4 is 28.2 Å². The van der Waals surface area contributed by atoms with Crippen molar-refractivity contribution in [2.45, 2.75) is 20.0 Å². The van der Waals surface area contributed by atoms with Crippen LogP contribution in [0.3, 0.4) is 0 Å². The number of aryl methyl sites for hydroxylation is 1. The maximum Gasteiger partial charge on any atom is 0.152 e. The van der Waals surface area contributed by atoms with Gasteiger partial charge >= 0.3 is 0 Å². The van der Waals surface area contributed by atoms with Crippen LogP contribution in [-0.2, 0) is 13.1 Å². The molecule has 7 heteroatoms. The summed E-state index contributed by atoms with van der Waals surface area (Å²) in [4.78, 5) is 6.64. The van der Waals surface area contributed by atoms with Gasteiger partial charge in [-0.05, 0) is 25.1 Å². The molecule has 0 saturated heterocycles. The number of methoxy groups -OCH3 is 1. The molecule has 1 aliphatic heterocycles. The van der Waals surface area contributed by atoms with Crippen molar-refractivity contribution in [3.05, 3.63) is 41.1 Å². The van der Waals surface area contributed by atoms with Crippen LogP contribution < -0.4 is 9.64 Å². The molecule has 0 saturated carbocycles. The Bertz CT molecular complexity index is 892. The first kappa shape index (κ1) is 14.3. The maximum absolute atomic E-state index is 6.48. The second-order valence-corrected chi connectivity index (χ2v) is 5.98. The van der Waals surface area contributed by atoms with Crippen molar-refractivity contribution in [3.8, 4) is 5.75 Å². The SMILES string of the molecule is COc1ccc2ncc(Cl)c(N3CCn4c(C)nnc4C3)c2c1. The molecule has 3 heterocycles. The summed E-state index contributed by atoms with van der Waals surface area (Å²) in [6.45, 7) is 4.35. The van der Waals surface area contributed by atoms with Crippen LogP contribution in [0, 0.1) is 6.92 Å². The number of ether oxygens (including phenoxy) is 1. The summed E-state index contributed by atoms with van der Waals surface area (Å²) in [5, 5.41) is 10.0. The molecule has 4 rings (SSSR count). The summed E-state index contributed by atoms with van der Waals surface area (Å²) in [7, 11) is 1.66. The zero-order chi connectivity index (χ0) is 16.0. The Balaban J connectivity index is 1.83. The van der Waals surface area contributed by atoms with E-state index in [1.807, 2.05) is 25.1 Å². The quantitative estimate of drug-likeness (QED) is 0.723. The van der Waals surface area contributed by atoms with Crippen molar-refractivity contribution in [1.29, 1.82) is 0 Å². The highest BCUT2D eigenvalue weighted by molar-refractivity contribution is 6.34. The number of benzene rings is 1. The fourth-order valence-electron chi connectivity index (χ4n) is 3.08. The number of rotatable bonds is 2. The Hall–Kier alpha value is -2.34. The van der Waals surface area contributed by atoms with Gasteiger partial charge in [0.2, 0.25) is 0 Å². The van der Waals surface area contributed by atoms with Crippen molar-refractivity contribution in [1.82, 2.24) is 19.7 Å². The van der Waals surface area contributed by atoms with E-state index < -0.39 is 0 Å². The summed E-state index contributed by atoms with van der Waals surface area (Å²) < 4.78 is 7.50. The van der Waals surface area contributed by atoms with E-state index in [0.29, 0.717) is 11.6 Å². The van der Waals surface area contributed by atoms with Crippen LogP contribution >= 0.6 is 11.6 Å². The van der Waals surface area contributed by atoms with Gasteiger partial charge in [-0.3, -0.25) is 4.98 Å². The predicted molar refractivity (Wildman–Crippen MR) is 89.1 cm³/mol. The molecule has 0 aliphatic carbocycles. The molecule has 1 aliphatic rings. The van der Waals surface area contributed by atoms with Crippen LogP contribution in [0.15, 0.2) is 24.4 Å². The third-order valence-corrected chi connectivity index (χ3v) is 4.53. The van der Waals surface area contributed by atoms with Crippen LogP contribution in [0.5, 0.6) is 5.75 Å². The molecular formula is C16H16ClN5O. The summed E-state index contributed by atoms with van der Waals surface area (Å²) in [6, 6.07) is 5.84. The van der Waals surface area contributed by atoms with Gasteiger partial charge in [-0.1, -0.05) is 11.6 Å². The van der Waals surface area contributed by atoms with Gasteiger partial charge < -0.3 is 14.2 Å². The highest BCUT2D eigenvalue weighted by atomic mass is 35.5. The number of hydrogen-bond donors (Lipinski definition) is 0. The minimum Gasteiger partial charge on any atom is -0.497 e. The monoisotopic (exact) mass is 329 g/mol. The topological polar surface area (TPSA) is 56.1 Å². The van der Waals surface area contributed by atoms with E-state index in [1.165, 1.54) is 0 Å². The second kappa shape index (κ2) is 5.38. The fraction of sp³-hybridized carbons (Fsp3) is 0.312. The normalized spacial score (nSPS) is 14.1. The maximum atomic E-state index is 6.48.